The molecule has 0 aliphatic carbocycles. The molecule has 1 rings (SSSR count). The summed E-state index contributed by atoms with van der Waals surface area (Å²) < 4.78 is 26.2. The number of rotatable bonds is 7. The molecule has 0 aliphatic rings. The first-order valence-corrected chi connectivity index (χ1v) is 8.39. The minimum absolute atomic E-state index is 0.0685. The zero-order valence-electron chi connectivity index (χ0n) is 10.0. The SMILES string of the molecule is CCNS(=O)(=O)CCNCc1cc(Cl)ccc1Br. The third kappa shape index (κ3) is 5.67. The fraction of sp³-hybridized carbons (Fsp3) is 0.455. The molecule has 18 heavy (non-hydrogen) atoms. The second kappa shape index (κ2) is 7.45. The van der Waals surface area contributed by atoms with Gasteiger partial charge in [0.1, 0.15) is 0 Å². The summed E-state index contributed by atoms with van der Waals surface area (Å²) in [7, 11) is -3.15. The fourth-order valence-corrected chi connectivity index (χ4v) is 2.98. The van der Waals surface area contributed by atoms with Crippen LogP contribution in [0.1, 0.15) is 12.5 Å². The predicted molar refractivity (Wildman–Crippen MR) is 78.3 cm³/mol. The van der Waals surface area contributed by atoms with Gasteiger partial charge in [-0.15, -0.1) is 0 Å². The van der Waals surface area contributed by atoms with E-state index in [4.69, 9.17) is 11.6 Å². The molecule has 1 aromatic carbocycles. The number of hydrogen-bond acceptors (Lipinski definition) is 3. The van der Waals surface area contributed by atoms with Crippen LogP contribution in [-0.4, -0.2) is 27.3 Å². The van der Waals surface area contributed by atoms with Gasteiger partial charge in [-0.1, -0.05) is 34.5 Å². The highest BCUT2D eigenvalue weighted by Gasteiger charge is 2.07. The highest BCUT2D eigenvalue weighted by molar-refractivity contribution is 9.10. The van der Waals surface area contributed by atoms with Gasteiger partial charge >= 0.3 is 0 Å². The molecule has 0 atom stereocenters. The van der Waals surface area contributed by atoms with Crippen molar-refractivity contribution in [1.29, 1.82) is 0 Å². The topological polar surface area (TPSA) is 58.2 Å². The highest BCUT2D eigenvalue weighted by Crippen LogP contribution is 2.20. The van der Waals surface area contributed by atoms with E-state index >= 15 is 0 Å². The average Bonchev–Trinajstić information content (AvgIpc) is 2.29. The number of benzene rings is 1. The molecule has 0 radical (unpaired) electrons. The normalized spacial score (nSPS) is 11.7. The minimum Gasteiger partial charge on any atom is -0.312 e. The molecule has 0 fully saturated rings. The van der Waals surface area contributed by atoms with Crippen LogP contribution in [0.4, 0.5) is 0 Å². The van der Waals surface area contributed by atoms with E-state index in [9.17, 15) is 8.42 Å². The summed E-state index contributed by atoms with van der Waals surface area (Å²) in [6.07, 6.45) is 0. The lowest BCUT2D eigenvalue weighted by Gasteiger charge is -2.08. The van der Waals surface area contributed by atoms with Crippen LogP contribution in [0.5, 0.6) is 0 Å². The highest BCUT2D eigenvalue weighted by atomic mass is 79.9. The minimum atomic E-state index is -3.15. The van der Waals surface area contributed by atoms with Crippen LogP contribution in [0.25, 0.3) is 0 Å². The van der Waals surface area contributed by atoms with Crippen molar-refractivity contribution in [2.24, 2.45) is 0 Å². The summed E-state index contributed by atoms with van der Waals surface area (Å²) in [6, 6.07) is 5.51. The molecule has 0 saturated carbocycles. The molecule has 0 amide bonds. The number of nitrogens with one attached hydrogen (secondary N) is 2. The standard InChI is InChI=1S/C11H16BrClN2O2S/c1-2-15-18(16,17)6-5-14-8-9-7-10(13)3-4-11(9)12/h3-4,7,14-15H,2,5-6,8H2,1H3. The maximum Gasteiger partial charge on any atom is 0.212 e. The van der Waals surface area contributed by atoms with Crippen molar-refractivity contribution in [2.75, 3.05) is 18.8 Å². The molecule has 102 valence electrons. The smallest absolute Gasteiger partial charge is 0.212 e. The lowest BCUT2D eigenvalue weighted by molar-refractivity contribution is 0.578. The van der Waals surface area contributed by atoms with E-state index in [1.54, 1.807) is 13.0 Å². The Bertz CT molecular complexity index is 494. The van der Waals surface area contributed by atoms with Crippen molar-refractivity contribution in [3.63, 3.8) is 0 Å². The van der Waals surface area contributed by atoms with Gasteiger partial charge in [0.15, 0.2) is 0 Å². The van der Waals surface area contributed by atoms with Gasteiger partial charge in [0, 0.05) is 29.1 Å². The van der Waals surface area contributed by atoms with Crippen LogP contribution in [0, 0.1) is 0 Å². The van der Waals surface area contributed by atoms with E-state index in [1.165, 1.54) is 0 Å². The van der Waals surface area contributed by atoms with Crippen LogP contribution in [0.15, 0.2) is 22.7 Å². The van der Waals surface area contributed by atoms with E-state index in [0.717, 1.165) is 10.0 Å². The largest absolute Gasteiger partial charge is 0.312 e. The Balaban J connectivity index is 2.40. The van der Waals surface area contributed by atoms with Crippen molar-refractivity contribution < 1.29 is 8.42 Å². The van der Waals surface area contributed by atoms with E-state index in [2.05, 4.69) is 26.0 Å². The van der Waals surface area contributed by atoms with Gasteiger partial charge in [-0.25, -0.2) is 13.1 Å². The number of halogens is 2. The summed E-state index contributed by atoms with van der Waals surface area (Å²) in [5, 5.41) is 3.74. The summed E-state index contributed by atoms with van der Waals surface area (Å²) >= 11 is 9.31. The first-order valence-electron chi connectivity index (χ1n) is 5.56. The fourth-order valence-electron chi connectivity index (χ4n) is 1.40. The van der Waals surface area contributed by atoms with Crippen molar-refractivity contribution in [2.45, 2.75) is 13.5 Å². The zero-order chi connectivity index (χ0) is 13.6. The Kier molecular flexibility index (Phi) is 6.59. The third-order valence-corrected chi connectivity index (χ3v) is 4.71. The van der Waals surface area contributed by atoms with Gasteiger partial charge in [0.05, 0.1) is 5.75 Å². The Hall–Kier alpha value is -0.140. The Morgan fingerprint density at radius 1 is 1.39 bits per heavy atom. The zero-order valence-corrected chi connectivity index (χ0v) is 13.2. The molecule has 2 N–H and O–H groups in total. The molecule has 0 saturated heterocycles. The molecule has 4 nitrogen and oxygen atoms in total. The van der Waals surface area contributed by atoms with Crippen molar-refractivity contribution in [1.82, 2.24) is 10.0 Å². The summed E-state index contributed by atoms with van der Waals surface area (Å²) in [6.45, 7) is 3.15. The lowest BCUT2D eigenvalue weighted by Crippen LogP contribution is -2.31. The average molecular weight is 356 g/mol. The van der Waals surface area contributed by atoms with Crippen molar-refractivity contribution in [3.05, 3.63) is 33.3 Å². The molecule has 0 unspecified atom stereocenters. The van der Waals surface area contributed by atoms with Gasteiger partial charge < -0.3 is 5.32 Å². The van der Waals surface area contributed by atoms with Gasteiger partial charge in [0.25, 0.3) is 0 Å². The maximum absolute atomic E-state index is 11.4. The Morgan fingerprint density at radius 2 is 2.11 bits per heavy atom. The molecule has 0 bridgehead atoms. The predicted octanol–water partition coefficient (Wildman–Crippen LogP) is 2.13. The molecule has 1 aromatic rings. The second-order valence-corrected chi connectivity index (χ2v) is 6.95. The maximum atomic E-state index is 11.4. The second-order valence-electron chi connectivity index (χ2n) is 3.73. The van der Waals surface area contributed by atoms with Crippen LogP contribution >= 0.6 is 27.5 Å². The molecular formula is C11H16BrClN2O2S. The van der Waals surface area contributed by atoms with Crippen molar-refractivity contribution >= 4 is 37.6 Å². The van der Waals surface area contributed by atoms with Gasteiger partial charge in [-0.05, 0) is 23.8 Å². The molecule has 0 heterocycles. The van der Waals surface area contributed by atoms with Gasteiger partial charge in [-0.3, -0.25) is 0 Å². The first kappa shape index (κ1) is 15.9. The number of hydrogen-bond donors (Lipinski definition) is 2. The van der Waals surface area contributed by atoms with Crippen LogP contribution in [-0.2, 0) is 16.6 Å². The van der Waals surface area contributed by atoms with E-state index < -0.39 is 10.0 Å². The molecule has 0 spiro atoms. The van der Waals surface area contributed by atoms with E-state index in [-0.39, 0.29) is 5.75 Å². The molecule has 0 aliphatic heterocycles. The van der Waals surface area contributed by atoms with Crippen LogP contribution < -0.4 is 10.0 Å². The molecule has 0 aromatic heterocycles. The van der Waals surface area contributed by atoms with E-state index in [0.29, 0.717) is 24.7 Å². The summed E-state index contributed by atoms with van der Waals surface area (Å²) in [4.78, 5) is 0. The summed E-state index contributed by atoms with van der Waals surface area (Å²) in [5.41, 5.74) is 1.00. The van der Waals surface area contributed by atoms with Crippen LogP contribution in [0.3, 0.4) is 0 Å². The third-order valence-electron chi connectivity index (χ3n) is 2.24. The lowest BCUT2D eigenvalue weighted by atomic mass is 10.2. The van der Waals surface area contributed by atoms with Gasteiger partial charge in [0.2, 0.25) is 10.0 Å². The Morgan fingerprint density at radius 3 is 2.78 bits per heavy atom. The van der Waals surface area contributed by atoms with Crippen molar-refractivity contribution in [3.8, 4) is 0 Å². The first-order chi connectivity index (χ1) is 8.44. The quantitative estimate of drug-likeness (QED) is 0.737. The summed E-state index contributed by atoms with van der Waals surface area (Å²) in [5.74, 6) is 0.0685. The van der Waals surface area contributed by atoms with Crippen LogP contribution in [0.2, 0.25) is 5.02 Å². The molecular weight excluding hydrogens is 340 g/mol. The Labute approximate surface area is 121 Å². The molecule has 7 heteroatoms. The number of sulfonamides is 1. The monoisotopic (exact) mass is 354 g/mol. The van der Waals surface area contributed by atoms with E-state index in [1.807, 2.05) is 12.1 Å². The van der Waals surface area contributed by atoms with Gasteiger partial charge in [-0.2, -0.15) is 0 Å².